The molecule has 1 aromatic carbocycles. The molecule has 0 atom stereocenters. The van der Waals surface area contributed by atoms with E-state index in [1.165, 1.54) is 10.8 Å². The second-order valence-electron chi connectivity index (χ2n) is 3.76. The van der Waals surface area contributed by atoms with E-state index in [1.54, 1.807) is 7.11 Å². The van der Waals surface area contributed by atoms with Crippen LogP contribution in [0.5, 0.6) is 0 Å². The van der Waals surface area contributed by atoms with E-state index in [1.807, 2.05) is 0 Å². The Bertz CT molecular complexity index is 264. The van der Waals surface area contributed by atoms with Crippen LogP contribution in [0, 0.1) is 0 Å². The van der Waals surface area contributed by atoms with E-state index in [9.17, 15) is 0 Å². The Morgan fingerprint density at radius 1 is 1.15 bits per heavy atom. The molecule has 0 heterocycles. The maximum Gasteiger partial charge on any atom is 0.217 e. The van der Waals surface area contributed by atoms with Crippen LogP contribution in [-0.4, -0.2) is 15.4 Å². The fraction of sp³-hybridized carbons (Fsp3) is 0.455. The summed E-state index contributed by atoms with van der Waals surface area (Å²) in [5, 5.41) is 1.37. The molecule has 2 heteroatoms. The Balaban J connectivity index is 2.92. The second-order valence-corrected chi connectivity index (χ2v) is 7.77. The first-order valence-corrected chi connectivity index (χ1v) is 7.65. The van der Waals surface area contributed by atoms with Crippen molar-refractivity contribution in [2.75, 3.05) is 7.11 Å². The molecule has 0 fully saturated rings. The fourth-order valence-corrected chi connectivity index (χ4v) is 2.46. The molecule has 1 aromatic rings. The third kappa shape index (κ3) is 2.42. The van der Waals surface area contributed by atoms with Crippen molar-refractivity contribution in [2.45, 2.75) is 26.4 Å². The Morgan fingerprint density at radius 3 is 2.08 bits per heavy atom. The quantitative estimate of drug-likeness (QED) is 0.671. The van der Waals surface area contributed by atoms with E-state index in [0.29, 0.717) is 0 Å². The lowest BCUT2D eigenvalue weighted by molar-refractivity contribution is 0.416. The number of hydrogen-bond donors (Lipinski definition) is 0. The van der Waals surface area contributed by atoms with Crippen molar-refractivity contribution in [3.8, 4) is 0 Å². The topological polar surface area (TPSA) is 9.23 Å². The van der Waals surface area contributed by atoms with Crippen LogP contribution in [0.25, 0.3) is 0 Å². The maximum atomic E-state index is 5.54. The number of benzene rings is 1. The lowest BCUT2D eigenvalue weighted by Gasteiger charge is -2.20. The highest BCUT2D eigenvalue weighted by Crippen LogP contribution is 2.05. The van der Waals surface area contributed by atoms with Crippen LogP contribution in [0.2, 0.25) is 13.1 Å². The predicted molar refractivity (Wildman–Crippen MR) is 59.9 cm³/mol. The number of rotatable bonds is 3. The molecule has 0 aliphatic carbocycles. The summed E-state index contributed by atoms with van der Waals surface area (Å²) in [6, 6.07) is 8.80. The third-order valence-electron chi connectivity index (χ3n) is 2.57. The summed E-state index contributed by atoms with van der Waals surface area (Å²) in [4.78, 5) is 0. The van der Waals surface area contributed by atoms with Gasteiger partial charge in [-0.05, 0) is 30.3 Å². The predicted octanol–water partition coefficient (Wildman–Crippen LogP) is 2.31. The van der Waals surface area contributed by atoms with Crippen molar-refractivity contribution in [3.05, 3.63) is 29.8 Å². The van der Waals surface area contributed by atoms with Crippen LogP contribution >= 0.6 is 0 Å². The first-order chi connectivity index (χ1) is 6.10. The van der Waals surface area contributed by atoms with Gasteiger partial charge in [0.1, 0.15) is 0 Å². The standard InChI is InChI=1S/C11H18OSi/c1-5-10-6-8-11(9-7-10)13(3,4)12-2/h6-9H,5H2,1-4H3. The van der Waals surface area contributed by atoms with Crippen LogP contribution in [-0.2, 0) is 10.8 Å². The van der Waals surface area contributed by atoms with Gasteiger partial charge < -0.3 is 4.43 Å². The minimum Gasteiger partial charge on any atom is -0.416 e. The Kier molecular flexibility index (Phi) is 3.28. The highest BCUT2D eigenvalue weighted by Gasteiger charge is 2.22. The zero-order chi connectivity index (χ0) is 9.90. The average molecular weight is 194 g/mol. The van der Waals surface area contributed by atoms with Gasteiger partial charge in [0.2, 0.25) is 8.32 Å². The van der Waals surface area contributed by atoms with Gasteiger partial charge in [-0.3, -0.25) is 0 Å². The average Bonchev–Trinajstić information content (AvgIpc) is 2.18. The minimum absolute atomic E-state index is 1.11. The summed E-state index contributed by atoms with van der Waals surface area (Å²) in [6.45, 7) is 6.61. The van der Waals surface area contributed by atoms with Gasteiger partial charge in [-0.2, -0.15) is 0 Å². The molecule has 1 rings (SSSR count). The summed E-state index contributed by atoms with van der Waals surface area (Å²) in [5.41, 5.74) is 1.39. The molecule has 0 amide bonds. The van der Waals surface area contributed by atoms with E-state index in [0.717, 1.165) is 6.42 Å². The summed E-state index contributed by atoms with van der Waals surface area (Å²) < 4.78 is 5.54. The van der Waals surface area contributed by atoms with Crippen LogP contribution in [0.15, 0.2) is 24.3 Å². The summed E-state index contributed by atoms with van der Waals surface area (Å²) in [6.07, 6.45) is 1.11. The van der Waals surface area contributed by atoms with E-state index < -0.39 is 8.32 Å². The van der Waals surface area contributed by atoms with Crippen molar-refractivity contribution in [1.29, 1.82) is 0 Å². The van der Waals surface area contributed by atoms with Crippen molar-refractivity contribution in [1.82, 2.24) is 0 Å². The zero-order valence-electron chi connectivity index (χ0n) is 8.92. The summed E-state index contributed by atoms with van der Waals surface area (Å²) >= 11 is 0. The molecule has 0 aliphatic heterocycles. The van der Waals surface area contributed by atoms with Crippen LogP contribution < -0.4 is 5.19 Å². The van der Waals surface area contributed by atoms with E-state index >= 15 is 0 Å². The highest BCUT2D eigenvalue weighted by molar-refractivity contribution is 6.84. The molecule has 0 aliphatic rings. The molecule has 72 valence electrons. The number of aryl methyl sites for hydroxylation is 1. The van der Waals surface area contributed by atoms with Crippen molar-refractivity contribution in [3.63, 3.8) is 0 Å². The van der Waals surface area contributed by atoms with Gasteiger partial charge in [-0.1, -0.05) is 31.2 Å². The lowest BCUT2D eigenvalue weighted by atomic mass is 10.2. The molecule has 0 radical (unpaired) electrons. The monoisotopic (exact) mass is 194 g/mol. The Hall–Kier alpha value is -0.603. The zero-order valence-corrected chi connectivity index (χ0v) is 9.92. The first kappa shape index (κ1) is 10.5. The van der Waals surface area contributed by atoms with Crippen LogP contribution in [0.4, 0.5) is 0 Å². The van der Waals surface area contributed by atoms with Gasteiger partial charge in [-0.25, -0.2) is 0 Å². The van der Waals surface area contributed by atoms with Gasteiger partial charge in [0.15, 0.2) is 0 Å². The van der Waals surface area contributed by atoms with Gasteiger partial charge in [-0.15, -0.1) is 0 Å². The minimum atomic E-state index is -1.59. The molecule has 0 aromatic heterocycles. The van der Waals surface area contributed by atoms with Gasteiger partial charge in [0.05, 0.1) is 0 Å². The van der Waals surface area contributed by atoms with E-state index in [2.05, 4.69) is 44.3 Å². The SMILES string of the molecule is CCc1ccc([Si](C)(C)OC)cc1. The molecule has 0 spiro atoms. The van der Waals surface area contributed by atoms with Gasteiger partial charge >= 0.3 is 0 Å². The smallest absolute Gasteiger partial charge is 0.217 e. The molecular weight excluding hydrogens is 176 g/mol. The fourth-order valence-electron chi connectivity index (χ4n) is 1.26. The molecule has 0 saturated heterocycles. The van der Waals surface area contributed by atoms with Gasteiger partial charge in [0.25, 0.3) is 0 Å². The molecule has 0 unspecified atom stereocenters. The molecule has 0 saturated carbocycles. The molecule has 0 bridgehead atoms. The van der Waals surface area contributed by atoms with Crippen LogP contribution in [0.1, 0.15) is 12.5 Å². The number of hydrogen-bond acceptors (Lipinski definition) is 1. The summed E-state index contributed by atoms with van der Waals surface area (Å²) in [7, 11) is 0.216. The lowest BCUT2D eigenvalue weighted by Crippen LogP contribution is -2.43. The van der Waals surface area contributed by atoms with E-state index in [-0.39, 0.29) is 0 Å². The largest absolute Gasteiger partial charge is 0.416 e. The molecule has 13 heavy (non-hydrogen) atoms. The Labute approximate surface area is 81.9 Å². The Morgan fingerprint density at radius 2 is 1.69 bits per heavy atom. The summed E-state index contributed by atoms with van der Waals surface area (Å²) in [5.74, 6) is 0. The first-order valence-electron chi connectivity index (χ1n) is 4.74. The van der Waals surface area contributed by atoms with Crippen molar-refractivity contribution >= 4 is 13.5 Å². The molecular formula is C11H18OSi. The maximum absolute atomic E-state index is 5.54. The second kappa shape index (κ2) is 4.07. The molecule has 0 N–H and O–H groups in total. The van der Waals surface area contributed by atoms with Crippen molar-refractivity contribution < 1.29 is 4.43 Å². The highest BCUT2D eigenvalue weighted by atomic mass is 28.4. The van der Waals surface area contributed by atoms with Gasteiger partial charge in [0, 0.05) is 7.11 Å². The third-order valence-corrected chi connectivity index (χ3v) is 5.31. The van der Waals surface area contributed by atoms with Crippen molar-refractivity contribution in [2.24, 2.45) is 0 Å². The van der Waals surface area contributed by atoms with Crippen LogP contribution in [0.3, 0.4) is 0 Å². The van der Waals surface area contributed by atoms with E-state index in [4.69, 9.17) is 4.43 Å². The molecule has 1 nitrogen and oxygen atoms in total. The normalized spacial score (nSPS) is 11.7.